The molecule has 1 atom stereocenters. The van der Waals surface area contributed by atoms with Crippen molar-refractivity contribution in [2.45, 2.75) is 19.9 Å². The Balaban J connectivity index is 2.39. The third-order valence-corrected chi connectivity index (χ3v) is 3.69. The van der Waals surface area contributed by atoms with Crippen LogP contribution in [-0.4, -0.2) is 13.1 Å². The van der Waals surface area contributed by atoms with Crippen molar-refractivity contribution < 1.29 is 8.78 Å². The maximum absolute atomic E-state index is 13.3. The summed E-state index contributed by atoms with van der Waals surface area (Å²) in [5, 5.41) is 0. The monoisotopic (exact) mass is 290 g/mol. The molecule has 0 aromatic heterocycles. The number of benzene rings is 2. The normalized spacial score (nSPS) is 12.2. The quantitative estimate of drug-likeness (QED) is 0.907. The van der Waals surface area contributed by atoms with Crippen molar-refractivity contribution in [3.8, 4) is 0 Å². The van der Waals surface area contributed by atoms with Gasteiger partial charge in [-0.1, -0.05) is 6.07 Å². The zero-order valence-corrected chi connectivity index (χ0v) is 12.3. The molecule has 0 fully saturated rings. The van der Waals surface area contributed by atoms with Crippen molar-refractivity contribution in [2.75, 3.05) is 18.0 Å². The molecular formula is C17H20F2N2. The van der Waals surface area contributed by atoms with E-state index in [4.69, 9.17) is 5.73 Å². The van der Waals surface area contributed by atoms with Crippen LogP contribution in [0.2, 0.25) is 0 Å². The number of nitrogens with zero attached hydrogens (tertiary/aromatic N) is 1. The van der Waals surface area contributed by atoms with E-state index in [-0.39, 0.29) is 17.7 Å². The van der Waals surface area contributed by atoms with Crippen LogP contribution in [0.1, 0.15) is 24.1 Å². The second kappa shape index (κ2) is 6.68. The summed E-state index contributed by atoms with van der Waals surface area (Å²) in [4.78, 5) is 2.10. The van der Waals surface area contributed by atoms with Crippen LogP contribution in [0.4, 0.5) is 14.5 Å². The number of aryl methyl sites for hydroxylation is 1. The van der Waals surface area contributed by atoms with Gasteiger partial charge in [-0.15, -0.1) is 0 Å². The molecule has 0 amide bonds. The molecule has 0 heterocycles. The molecule has 2 aromatic carbocycles. The minimum absolute atomic E-state index is 0.0685. The van der Waals surface area contributed by atoms with Gasteiger partial charge in [-0.3, -0.25) is 0 Å². The maximum Gasteiger partial charge on any atom is 0.123 e. The van der Waals surface area contributed by atoms with Crippen LogP contribution in [0.5, 0.6) is 0 Å². The summed E-state index contributed by atoms with van der Waals surface area (Å²) in [6.45, 7) is 5.02. The van der Waals surface area contributed by atoms with Crippen molar-refractivity contribution in [2.24, 2.45) is 5.73 Å². The van der Waals surface area contributed by atoms with Crippen LogP contribution in [0.15, 0.2) is 42.5 Å². The van der Waals surface area contributed by atoms with Crippen LogP contribution < -0.4 is 10.6 Å². The van der Waals surface area contributed by atoms with Gasteiger partial charge in [-0.05, 0) is 61.4 Å². The van der Waals surface area contributed by atoms with Gasteiger partial charge in [0.15, 0.2) is 0 Å². The van der Waals surface area contributed by atoms with E-state index < -0.39 is 0 Å². The van der Waals surface area contributed by atoms with Gasteiger partial charge in [0, 0.05) is 18.8 Å². The highest BCUT2D eigenvalue weighted by molar-refractivity contribution is 5.50. The Labute approximate surface area is 124 Å². The molecule has 0 aliphatic rings. The zero-order chi connectivity index (χ0) is 15.4. The molecule has 0 spiro atoms. The molecule has 0 aliphatic carbocycles. The number of rotatable bonds is 5. The predicted octanol–water partition coefficient (Wildman–Crippen LogP) is 3.80. The molecule has 21 heavy (non-hydrogen) atoms. The Morgan fingerprint density at radius 3 is 2.19 bits per heavy atom. The molecule has 0 bridgehead atoms. The highest BCUT2D eigenvalue weighted by atomic mass is 19.1. The van der Waals surface area contributed by atoms with Gasteiger partial charge in [0.1, 0.15) is 11.6 Å². The predicted molar refractivity (Wildman–Crippen MR) is 82.4 cm³/mol. The second-order valence-electron chi connectivity index (χ2n) is 5.01. The van der Waals surface area contributed by atoms with Gasteiger partial charge in [0.2, 0.25) is 0 Å². The van der Waals surface area contributed by atoms with Gasteiger partial charge in [-0.2, -0.15) is 0 Å². The highest BCUT2D eigenvalue weighted by Gasteiger charge is 2.20. The fourth-order valence-electron chi connectivity index (χ4n) is 2.65. The lowest BCUT2D eigenvalue weighted by Gasteiger charge is -2.33. The fraction of sp³-hybridized carbons (Fsp3) is 0.294. The van der Waals surface area contributed by atoms with E-state index >= 15 is 0 Å². The Bertz CT molecular complexity index is 596. The third-order valence-electron chi connectivity index (χ3n) is 3.69. The van der Waals surface area contributed by atoms with Crippen LogP contribution in [0.25, 0.3) is 0 Å². The van der Waals surface area contributed by atoms with Crippen LogP contribution in [0.3, 0.4) is 0 Å². The lowest BCUT2D eigenvalue weighted by molar-refractivity contribution is 0.611. The maximum atomic E-state index is 13.3. The van der Waals surface area contributed by atoms with Crippen LogP contribution >= 0.6 is 0 Å². The SMILES string of the molecule is CCN(c1ccc(F)cc1)C(CN)c1ccc(F)cc1C. The summed E-state index contributed by atoms with van der Waals surface area (Å²) in [6, 6.07) is 11.0. The summed E-state index contributed by atoms with van der Waals surface area (Å²) in [7, 11) is 0. The summed E-state index contributed by atoms with van der Waals surface area (Å²) >= 11 is 0. The van der Waals surface area contributed by atoms with Crippen molar-refractivity contribution in [1.29, 1.82) is 0 Å². The number of nitrogens with two attached hydrogens (primary N) is 1. The van der Waals surface area contributed by atoms with Crippen molar-refractivity contribution in [3.05, 3.63) is 65.2 Å². The first-order valence-electron chi connectivity index (χ1n) is 7.05. The smallest absolute Gasteiger partial charge is 0.123 e. The molecule has 4 heteroatoms. The van der Waals surface area contributed by atoms with Gasteiger partial charge in [0.25, 0.3) is 0 Å². The molecule has 1 unspecified atom stereocenters. The zero-order valence-electron chi connectivity index (χ0n) is 12.3. The molecule has 2 nitrogen and oxygen atoms in total. The van der Waals surface area contributed by atoms with E-state index in [0.29, 0.717) is 6.54 Å². The lowest BCUT2D eigenvalue weighted by Crippen LogP contribution is -2.34. The molecule has 0 saturated carbocycles. The number of likely N-dealkylation sites (N-methyl/N-ethyl adjacent to an activating group) is 1. The number of hydrogen-bond acceptors (Lipinski definition) is 2. The lowest BCUT2D eigenvalue weighted by atomic mass is 9.99. The number of anilines is 1. The summed E-state index contributed by atoms with van der Waals surface area (Å²) in [5.74, 6) is -0.520. The standard InChI is InChI=1S/C17H20F2N2/c1-3-21(15-7-4-13(18)5-8-15)17(11-20)16-9-6-14(19)10-12(16)2/h4-10,17H,3,11,20H2,1-2H3. The Kier molecular flexibility index (Phi) is 4.91. The van der Waals surface area contributed by atoms with Crippen molar-refractivity contribution in [3.63, 3.8) is 0 Å². The molecule has 0 aliphatic heterocycles. The molecule has 112 valence electrons. The van der Waals surface area contributed by atoms with Crippen LogP contribution in [0, 0.1) is 18.6 Å². The average Bonchev–Trinajstić information content (AvgIpc) is 2.47. The van der Waals surface area contributed by atoms with Gasteiger partial charge in [-0.25, -0.2) is 8.78 Å². The second-order valence-corrected chi connectivity index (χ2v) is 5.01. The topological polar surface area (TPSA) is 29.3 Å². The first kappa shape index (κ1) is 15.4. The number of hydrogen-bond donors (Lipinski definition) is 1. The van der Waals surface area contributed by atoms with Gasteiger partial charge < -0.3 is 10.6 Å². The van der Waals surface area contributed by atoms with E-state index in [2.05, 4.69) is 4.90 Å². The van der Waals surface area contributed by atoms with E-state index in [1.807, 2.05) is 13.8 Å². The van der Waals surface area contributed by atoms with E-state index in [1.54, 1.807) is 18.2 Å². The van der Waals surface area contributed by atoms with Gasteiger partial charge in [0.05, 0.1) is 6.04 Å². The molecule has 2 N–H and O–H groups in total. The van der Waals surface area contributed by atoms with Crippen molar-refractivity contribution >= 4 is 5.69 Å². The van der Waals surface area contributed by atoms with E-state index in [9.17, 15) is 8.78 Å². The largest absolute Gasteiger partial charge is 0.363 e. The first-order chi connectivity index (χ1) is 10.1. The van der Waals surface area contributed by atoms with Gasteiger partial charge >= 0.3 is 0 Å². The summed E-state index contributed by atoms with van der Waals surface area (Å²) < 4.78 is 26.4. The van der Waals surface area contributed by atoms with E-state index in [1.165, 1.54) is 24.3 Å². The molecule has 0 radical (unpaired) electrons. The molecular weight excluding hydrogens is 270 g/mol. The number of halogens is 2. The molecule has 2 rings (SSSR count). The minimum Gasteiger partial charge on any atom is -0.363 e. The molecule has 2 aromatic rings. The third kappa shape index (κ3) is 3.39. The summed E-state index contributed by atoms with van der Waals surface area (Å²) in [6.07, 6.45) is 0. The average molecular weight is 290 g/mol. The Morgan fingerprint density at radius 1 is 1.05 bits per heavy atom. The molecule has 0 saturated heterocycles. The summed E-state index contributed by atoms with van der Waals surface area (Å²) in [5.41, 5.74) is 8.70. The Morgan fingerprint density at radius 2 is 1.67 bits per heavy atom. The fourth-order valence-corrected chi connectivity index (χ4v) is 2.65. The van der Waals surface area contributed by atoms with E-state index in [0.717, 1.165) is 23.4 Å². The first-order valence-corrected chi connectivity index (χ1v) is 7.05. The minimum atomic E-state index is -0.267. The highest BCUT2D eigenvalue weighted by Crippen LogP contribution is 2.28. The Hall–Kier alpha value is -1.94. The van der Waals surface area contributed by atoms with Crippen LogP contribution in [-0.2, 0) is 0 Å². The van der Waals surface area contributed by atoms with Crippen molar-refractivity contribution in [1.82, 2.24) is 0 Å².